The van der Waals surface area contributed by atoms with E-state index in [4.69, 9.17) is 0 Å². The van der Waals surface area contributed by atoms with Crippen LogP contribution in [0, 0.1) is 6.92 Å². The molecule has 0 radical (unpaired) electrons. The zero-order valence-corrected chi connectivity index (χ0v) is 15.5. The highest BCUT2D eigenvalue weighted by Gasteiger charge is 2.36. The van der Waals surface area contributed by atoms with Crippen LogP contribution in [0.15, 0.2) is 41.8 Å². The highest BCUT2D eigenvalue weighted by Crippen LogP contribution is 2.38. The summed E-state index contributed by atoms with van der Waals surface area (Å²) in [5.41, 5.74) is 3.70. The number of carbonyl (C=O) groups is 2. The van der Waals surface area contributed by atoms with Crippen LogP contribution in [0.4, 0.5) is 5.82 Å². The van der Waals surface area contributed by atoms with Crippen LogP contribution in [0.3, 0.4) is 0 Å². The number of rotatable bonds is 4. The predicted octanol–water partition coefficient (Wildman–Crippen LogP) is 4.11. The molecule has 5 nitrogen and oxygen atoms in total. The molecule has 1 amide bonds. The van der Waals surface area contributed by atoms with Crippen molar-refractivity contribution >= 4 is 28.8 Å². The van der Waals surface area contributed by atoms with Gasteiger partial charge in [-0.1, -0.05) is 25.1 Å². The minimum atomic E-state index is -0.485. The second-order valence-corrected chi connectivity index (χ2v) is 7.37. The number of benzene rings is 1. The number of Topliss-reactive ketones (excluding diaryl/α,β-unsaturated/α-hetero) is 1. The van der Waals surface area contributed by atoms with Crippen LogP contribution in [-0.2, 0) is 11.2 Å². The summed E-state index contributed by atoms with van der Waals surface area (Å²) in [4.78, 5) is 25.9. The van der Waals surface area contributed by atoms with Gasteiger partial charge in [0.25, 0.3) is 0 Å². The molecular weight excluding hydrogens is 346 g/mol. The van der Waals surface area contributed by atoms with Gasteiger partial charge in [-0.3, -0.25) is 9.59 Å². The Labute approximate surface area is 155 Å². The van der Waals surface area contributed by atoms with Gasteiger partial charge in [0, 0.05) is 12.0 Å². The fraction of sp³-hybridized carbons (Fsp3) is 0.250. The van der Waals surface area contributed by atoms with E-state index in [-0.39, 0.29) is 18.1 Å². The molecule has 0 saturated heterocycles. The third kappa shape index (κ3) is 2.76. The van der Waals surface area contributed by atoms with Gasteiger partial charge in [-0.05, 0) is 42.5 Å². The van der Waals surface area contributed by atoms with Crippen molar-refractivity contribution < 1.29 is 9.59 Å². The summed E-state index contributed by atoms with van der Waals surface area (Å²) in [7, 11) is 0. The van der Waals surface area contributed by atoms with Gasteiger partial charge in [-0.25, -0.2) is 4.68 Å². The Bertz CT molecular complexity index is 971. The van der Waals surface area contributed by atoms with E-state index < -0.39 is 5.92 Å². The average molecular weight is 365 g/mol. The molecular formula is C20H19N3O2S. The number of carbonyl (C=O) groups excluding carboxylic acids is 2. The monoisotopic (exact) mass is 365 g/mol. The predicted molar refractivity (Wildman–Crippen MR) is 102 cm³/mol. The lowest BCUT2D eigenvalue weighted by atomic mass is 9.87. The first-order valence-electron chi connectivity index (χ1n) is 8.65. The van der Waals surface area contributed by atoms with Crippen molar-refractivity contribution in [3.63, 3.8) is 0 Å². The lowest BCUT2D eigenvalue weighted by molar-refractivity contribution is -0.116. The molecule has 0 fully saturated rings. The van der Waals surface area contributed by atoms with Crippen molar-refractivity contribution in [2.75, 3.05) is 5.32 Å². The summed E-state index contributed by atoms with van der Waals surface area (Å²) in [6.45, 7) is 4.00. The first kappa shape index (κ1) is 16.7. The minimum Gasteiger partial charge on any atom is -0.310 e. The first-order valence-corrected chi connectivity index (χ1v) is 9.53. The molecule has 3 heterocycles. The van der Waals surface area contributed by atoms with Crippen LogP contribution in [0.25, 0.3) is 5.69 Å². The number of hydrogen-bond acceptors (Lipinski definition) is 4. The van der Waals surface area contributed by atoms with E-state index in [2.05, 4.69) is 29.5 Å². The number of hydrogen-bond donors (Lipinski definition) is 1. The summed E-state index contributed by atoms with van der Waals surface area (Å²) in [5.74, 6) is -0.0437. The molecule has 2 aromatic heterocycles. The number of amides is 1. The van der Waals surface area contributed by atoms with E-state index >= 15 is 0 Å². The van der Waals surface area contributed by atoms with Crippen LogP contribution in [0.5, 0.6) is 0 Å². The van der Waals surface area contributed by atoms with Crippen LogP contribution in [0.1, 0.15) is 45.8 Å². The van der Waals surface area contributed by atoms with Crippen LogP contribution < -0.4 is 5.32 Å². The van der Waals surface area contributed by atoms with E-state index in [0.29, 0.717) is 10.7 Å². The smallest absolute Gasteiger partial charge is 0.226 e. The molecule has 1 unspecified atom stereocenters. The molecule has 0 saturated carbocycles. The van der Waals surface area contributed by atoms with Gasteiger partial charge < -0.3 is 5.32 Å². The molecule has 26 heavy (non-hydrogen) atoms. The zero-order valence-electron chi connectivity index (χ0n) is 14.7. The lowest BCUT2D eigenvalue weighted by Gasteiger charge is -2.22. The van der Waals surface area contributed by atoms with Gasteiger partial charge >= 0.3 is 0 Å². The Morgan fingerprint density at radius 3 is 2.73 bits per heavy atom. The van der Waals surface area contributed by atoms with E-state index in [0.717, 1.165) is 23.4 Å². The highest BCUT2D eigenvalue weighted by atomic mass is 32.1. The molecule has 0 bridgehead atoms. The number of aromatic nitrogens is 2. The first-order chi connectivity index (χ1) is 12.6. The molecule has 1 atom stereocenters. The molecule has 132 valence electrons. The van der Waals surface area contributed by atoms with Crippen molar-refractivity contribution in [2.45, 2.75) is 32.6 Å². The molecule has 1 aliphatic rings. The van der Waals surface area contributed by atoms with Crippen LogP contribution in [0.2, 0.25) is 0 Å². The van der Waals surface area contributed by atoms with Crippen molar-refractivity contribution in [3.05, 3.63) is 63.5 Å². The number of fused-ring (bicyclic) bond motifs is 1. The maximum Gasteiger partial charge on any atom is 0.226 e. The molecule has 6 heteroatoms. The number of nitrogens with zero attached hydrogens (tertiary/aromatic N) is 2. The number of nitrogens with one attached hydrogen (secondary N) is 1. The fourth-order valence-corrected chi connectivity index (χ4v) is 4.14. The van der Waals surface area contributed by atoms with Crippen molar-refractivity contribution in [1.82, 2.24) is 9.78 Å². The maximum absolute atomic E-state index is 12.9. The van der Waals surface area contributed by atoms with Crippen molar-refractivity contribution in [1.29, 1.82) is 0 Å². The van der Waals surface area contributed by atoms with Crippen molar-refractivity contribution in [2.24, 2.45) is 0 Å². The van der Waals surface area contributed by atoms with E-state index in [1.54, 1.807) is 4.68 Å². The highest BCUT2D eigenvalue weighted by molar-refractivity contribution is 7.12. The minimum absolute atomic E-state index is 0.0138. The number of ketones is 1. The fourth-order valence-electron chi connectivity index (χ4n) is 3.42. The normalized spacial score (nSPS) is 16.2. The van der Waals surface area contributed by atoms with Gasteiger partial charge in [0.2, 0.25) is 5.91 Å². The quantitative estimate of drug-likeness (QED) is 0.708. The largest absolute Gasteiger partial charge is 0.310 e. The Balaban J connectivity index is 1.80. The van der Waals surface area contributed by atoms with Gasteiger partial charge in [-0.2, -0.15) is 5.10 Å². The topological polar surface area (TPSA) is 64.0 Å². The van der Waals surface area contributed by atoms with Gasteiger partial charge in [0.15, 0.2) is 5.78 Å². The molecule has 1 aromatic carbocycles. The molecule has 0 spiro atoms. The number of aryl methyl sites for hydroxylation is 2. The maximum atomic E-state index is 12.9. The molecule has 0 aliphatic carbocycles. The summed E-state index contributed by atoms with van der Waals surface area (Å²) < 4.78 is 1.73. The summed E-state index contributed by atoms with van der Waals surface area (Å²) in [6, 6.07) is 11.7. The standard InChI is InChI=1S/C20H19N3O2S/c1-3-13-6-8-14(9-7-13)23-20-18(12(2)22-23)15(11-17(24)21-20)19(25)16-5-4-10-26-16/h4-10,15H,3,11H2,1-2H3,(H,21,24). The SMILES string of the molecule is CCc1ccc(-n2nc(C)c3c2NC(=O)CC3C(=O)c2cccs2)cc1. The van der Waals surface area contributed by atoms with Crippen LogP contribution >= 0.6 is 11.3 Å². The lowest BCUT2D eigenvalue weighted by Crippen LogP contribution is -2.28. The number of anilines is 1. The van der Waals surface area contributed by atoms with E-state index in [1.165, 1.54) is 16.9 Å². The second-order valence-electron chi connectivity index (χ2n) is 6.43. The Hall–Kier alpha value is -2.73. The zero-order chi connectivity index (χ0) is 18.3. The third-order valence-electron chi connectivity index (χ3n) is 4.77. The Morgan fingerprint density at radius 1 is 1.31 bits per heavy atom. The Kier molecular flexibility index (Phi) is 4.20. The Morgan fingerprint density at radius 2 is 2.08 bits per heavy atom. The molecule has 1 aliphatic heterocycles. The van der Waals surface area contributed by atoms with Crippen molar-refractivity contribution in [3.8, 4) is 5.69 Å². The van der Waals surface area contributed by atoms with E-state index in [1.807, 2.05) is 36.6 Å². The summed E-state index contributed by atoms with van der Waals surface area (Å²) in [6.07, 6.45) is 1.12. The molecule has 1 N–H and O–H groups in total. The average Bonchev–Trinajstić information content (AvgIpc) is 3.29. The summed E-state index contributed by atoms with van der Waals surface area (Å²) in [5, 5.41) is 9.42. The van der Waals surface area contributed by atoms with Crippen LogP contribution in [-0.4, -0.2) is 21.5 Å². The van der Waals surface area contributed by atoms with Gasteiger partial charge in [-0.15, -0.1) is 11.3 Å². The van der Waals surface area contributed by atoms with Gasteiger partial charge in [0.05, 0.1) is 22.2 Å². The molecule has 3 aromatic rings. The van der Waals surface area contributed by atoms with Gasteiger partial charge in [0.1, 0.15) is 5.82 Å². The number of thiophene rings is 1. The van der Waals surface area contributed by atoms with E-state index in [9.17, 15) is 9.59 Å². The second kappa shape index (κ2) is 6.53. The summed E-state index contributed by atoms with van der Waals surface area (Å²) >= 11 is 1.41. The molecule has 4 rings (SSSR count). The third-order valence-corrected chi connectivity index (χ3v) is 5.66.